The van der Waals surface area contributed by atoms with E-state index in [1.54, 1.807) is 7.11 Å². The van der Waals surface area contributed by atoms with Crippen LogP contribution in [-0.2, 0) is 25.9 Å². The first-order valence-electron chi connectivity index (χ1n) is 6.71. The van der Waals surface area contributed by atoms with Gasteiger partial charge in [-0.15, -0.1) is 0 Å². The molecule has 0 spiro atoms. The maximum absolute atomic E-state index is 12.0. The Morgan fingerprint density at radius 2 is 1.91 bits per heavy atom. The summed E-state index contributed by atoms with van der Waals surface area (Å²) in [5, 5.41) is 1.16. The van der Waals surface area contributed by atoms with Crippen LogP contribution in [0.25, 0.3) is 0 Å². The van der Waals surface area contributed by atoms with Gasteiger partial charge in [0.1, 0.15) is 12.9 Å². The van der Waals surface area contributed by atoms with Crippen LogP contribution in [0.3, 0.4) is 0 Å². The van der Waals surface area contributed by atoms with Crippen LogP contribution in [0.1, 0.15) is 5.82 Å². The Hall–Kier alpha value is -1.40. The van der Waals surface area contributed by atoms with E-state index in [1.807, 2.05) is 4.90 Å². The van der Waals surface area contributed by atoms with Gasteiger partial charge in [0.25, 0.3) is 0 Å². The van der Waals surface area contributed by atoms with Gasteiger partial charge in [-0.25, -0.2) is 9.97 Å². The molecular weight excluding hydrogens is 312 g/mol. The fraction of sp³-hybridized carbons (Fsp3) is 0.727. The van der Waals surface area contributed by atoms with Crippen LogP contribution in [0.2, 0.25) is 0 Å². The maximum Gasteiger partial charge on any atom is 0.354 e. The summed E-state index contributed by atoms with van der Waals surface area (Å²) in [6.45, 7) is 1.88. The SMILES string of the molecule is COCc1ncnc(N2CCN(S(=O)(=O)ON(C)C)CC2)n1. The summed E-state index contributed by atoms with van der Waals surface area (Å²) >= 11 is 0. The number of anilines is 1. The molecule has 0 N–H and O–H groups in total. The Balaban J connectivity index is 1.99. The van der Waals surface area contributed by atoms with Gasteiger partial charge in [0, 0.05) is 47.4 Å². The highest BCUT2D eigenvalue weighted by Crippen LogP contribution is 2.14. The first-order valence-corrected chi connectivity index (χ1v) is 8.07. The molecule has 1 saturated heterocycles. The second-order valence-electron chi connectivity index (χ2n) is 4.87. The third-order valence-electron chi connectivity index (χ3n) is 2.96. The van der Waals surface area contributed by atoms with Gasteiger partial charge in [-0.1, -0.05) is 0 Å². The summed E-state index contributed by atoms with van der Waals surface area (Å²) in [5.41, 5.74) is 0. The Kier molecular flexibility index (Phi) is 5.58. The zero-order valence-corrected chi connectivity index (χ0v) is 13.7. The van der Waals surface area contributed by atoms with E-state index in [1.165, 1.54) is 24.7 Å². The molecule has 22 heavy (non-hydrogen) atoms. The molecule has 124 valence electrons. The van der Waals surface area contributed by atoms with E-state index in [9.17, 15) is 8.42 Å². The van der Waals surface area contributed by atoms with Gasteiger partial charge in [0.2, 0.25) is 5.95 Å². The van der Waals surface area contributed by atoms with Crippen molar-refractivity contribution in [1.82, 2.24) is 24.3 Å². The van der Waals surface area contributed by atoms with Gasteiger partial charge in [0.05, 0.1) is 0 Å². The summed E-state index contributed by atoms with van der Waals surface area (Å²) in [6.07, 6.45) is 1.43. The van der Waals surface area contributed by atoms with Crippen LogP contribution in [0, 0.1) is 0 Å². The van der Waals surface area contributed by atoms with Crippen molar-refractivity contribution in [2.45, 2.75) is 6.61 Å². The van der Waals surface area contributed by atoms with Crippen LogP contribution in [0.5, 0.6) is 0 Å². The highest BCUT2D eigenvalue weighted by atomic mass is 32.2. The molecular formula is C11H20N6O4S. The molecule has 0 unspecified atom stereocenters. The Labute approximate surface area is 129 Å². The normalized spacial score (nSPS) is 17.2. The average molecular weight is 332 g/mol. The average Bonchev–Trinajstić information content (AvgIpc) is 2.47. The van der Waals surface area contributed by atoms with Gasteiger partial charge >= 0.3 is 10.3 Å². The molecule has 1 aliphatic rings. The highest BCUT2D eigenvalue weighted by molar-refractivity contribution is 7.84. The molecule has 1 aromatic heterocycles. The molecule has 1 fully saturated rings. The van der Waals surface area contributed by atoms with Crippen molar-refractivity contribution in [1.29, 1.82) is 0 Å². The van der Waals surface area contributed by atoms with E-state index < -0.39 is 10.3 Å². The molecule has 0 amide bonds. The van der Waals surface area contributed by atoms with Crippen LogP contribution in [-0.4, -0.2) is 80.1 Å². The molecule has 0 radical (unpaired) electrons. The van der Waals surface area contributed by atoms with Crippen molar-refractivity contribution in [3.63, 3.8) is 0 Å². The minimum atomic E-state index is -3.75. The molecule has 2 heterocycles. The van der Waals surface area contributed by atoms with Crippen molar-refractivity contribution in [3.8, 4) is 0 Å². The van der Waals surface area contributed by atoms with Crippen LogP contribution in [0.15, 0.2) is 6.33 Å². The minimum absolute atomic E-state index is 0.306. The predicted octanol–water partition coefficient (Wildman–Crippen LogP) is -1.12. The Morgan fingerprint density at radius 1 is 1.23 bits per heavy atom. The van der Waals surface area contributed by atoms with Crippen molar-refractivity contribution >= 4 is 16.3 Å². The van der Waals surface area contributed by atoms with Crippen molar-refractivity contribution in [2.24, 2.45) is 0 Å². The summed E-state index contributed by atoms with van der Waals surface area (Å²) in [7, 11) is 0.869. The summed E-state index contributed by atoms with van der Waals surface area (Å²) in [5.74, 6) is 1.06. The van der Waals surface area contributed by atoms with E-state index in [-0.39, 0.29) is 0 Å². The highest BCUT2D eigenvalue weighted by Gasteiger charge is 2.29. The standard InChI is InChI=1S/C11H20N6O4S/c1-15(2)21-22(18,19)17-6-4-16(5-7-17)11-13-9-12-10(14-11)8-20-3/h9H,4-8H2,1-3H3. The largest absolute Gasteiger partial charge is 0.377 e. The van der Waals surface area contributed by atoms with Gasteiger partial charge < -0.3 is 9.64 Å². The number of nitrogens with zero attached hydrogens (tertiary/aromatic N) is 6. The molecule has 0 saturated carbocycles. The lowest BCUT2D eigenvalue weighted by molar-refractivity contribution is -0.00479. The fourth-order valence-corrected chi connectivity index (χ4v) is 3.10. The van der Waals surface area contributed by atoms with Gasteiger partial charge in [0.15, 0.2) is 5.82 Å². The number of ether oxygens (including phenoxy) is 1. The number of rotatable bonds is 6. The number of piperazine rings is 1. The number of hydrogen-bond donors (Lipinski definition) is 0. The number of hydrogen-bond acceptors (Lipinski definition) is 9. The maximum atomic E-state index is 12.0. The number of hydroxylamine groups is 2. The summed E-state index contributed by atoms with van der Waals surface area (Å²) < 4.78 is 35.0. The molecule has 11 heteroatoms. The van der Waals surface area contributed by atoms with Crippen molar-refractivity contribution in [2.75, 3.05) is 52.3 Å². The van der Waals surface area contributed by atoms with Crippen LogP contribution < -0.4 is 4.90 Å². The van der Waals surface area contributed by atoms with Crippen LogP contribution >= 0.6 is 0 Å². The third kappa shape index (κ3) is 4.30. The predicted molar refractivity (Wildman–Crippen MR) is 78.0 cm³/mol. The lowest BCUT2D eigenvalue weighted by atomic mass is 10.4. The van der Waals surface area contributed by atoms with Gasteiger partial charge in [-0.3, -0.25) is 0 Å². The first-order chi connectivity index (χ1) is 10.4. The van der Waals surface area contributed by atoms with E-state index in [0.717, 1.165) is 5.06 Å². The van der Waals surface area contributed by atoms with E-state index in [4.69, 9.17) is 9.02 Å². The minimum Gasteiger partial charge on any atom is -0.377 e. The lowest BCUT2D eigenvalue weighted by Crippen LogP contribution is -2.50. The fourth-order valence-electron chi connectivity index (χ4n) is 2.02. The first kappa shape index (κ1) is 17.0. The Bertz CT molecular complexity index is 588. The number of aromatic nitrogens is 3. The third-order valence-corrected chi connectivity index (χ3v) is 4.45. The topological polar surface area (TPSA) is 101 Å². The summed E-state index contributed by atoms with van der Waals surface area (Å²) in [6, 6.07) is 0. The molecule has 0 bridgehead atoms. The second-order valence-corrected chi connectivity index (χ2v) is 6.39. The van der Waals surface area contributed by atoms with E-state index >= 15 is 0 Å². The molecule has 0 atom stereocenters. The van der Waals surface area contributed by atoms with Crippen molar-refractivity contribution in [3.05, 3.63) is 12.2 Å². The van der Waals surface area contributed by atoms with Crippen molar-refractivity contribution < 1.29 is 17.4 Å². The second kappa shape index (κ2) is 7.24. The molecule has 0 aliphatic carbocycles. The Morgan fingerprint density at radius 3 is 2.50 bits per heavy atom. The molecule has 2 rings (SSSR count). The van der Waals surface area contributed by atoms with E-state index in [0.29, 0.717) is 44.6 Å². The van der Waals surface area contributed by atoms with Gasteiger partial charge in [-0.05, 0) is 0 Å². The zero-order valence-electron chi connectivity index (χ0n) is 12.8. The van der Waals surface area contributed by atoms with Gasteiger partial charge in [-0.2, -0.15) is 27.1 Å². The van der Waals surface area contributed by atoms with E-state index in [2.05, 4.69) is 15.0 Å². The zero-order chi connectivity index (χ0) is 16.2. The monoisotopic (exact) mass is 332 g/mol. The van der Waals surface area contributed by atoms with Crippen LogP contribution in [0.4, 0.5) is 5.95 Å². The smallest absolute Gasteiger partial charge is 0.354 e. The quantitative estimate of drug-likeness (QED) is 0.599. The molecule has 1 aromatic rings. The lowest BCUT2D eigenvalue weighted by Gasteiger charge is -2.33. The molecule has 10 nitrogen and oxygen atoms in total. The molecule has 1 aliphatic heterocycles. The molecule has 0 aromatic carbocycles. The number of methoxy groups -OCH3 is 1. The summed E-state index contributed by atoms with van der Waals surface area (Å²) in [4.78, 5) is 14.3.